The Morgan fingerprint density at radius 1 is 1.14 bits per heavy atom. The molecule has 0 amide bonds. The number of aromatic nitrogens is 1. The van der Waals surface area contributed by atoms with E-state index >= 15 is 0 Å². The second-order valence-corrected chi connectivity index (χ2v) is 3.71. The fourth-order valence-electron chi connectivity index (χ4n) is 1.54. The van der Waals surface area contributed by atoms with Crippen LogP contribution in [0.4, 0.5) is 5.69 Å². The monoisotopic (exact) mass is 186 g/mol. The van der Waals surface area contributed by atoms with Crippen LogP contribution in [0.15, 0.2) is 36.7 Å². The van der Waals surface area contributed by atoms with Crippen LogP contribution in [0.1, 0.15) is 13.8 Å². The summed E-state index contributed by atoms with van der Waals surface area (Å²) in [5.74, 6) is 0. The zero-order valence-corrected chi connectivity index (χ0v) is 8.49. The minimum atomic E-state index is 0.433. The molecule has 1 aromatic carbocycles. The highest BCUT2D eigenvalue weighted by Gasteiger charge is 2.00. The van der Waals surface area contributed by atoms with Gasteiger partial charge in [-0.1, -0.05) is 24.3 Å². The van der Waals surface area contributed by atoms with E-state index in [1.807, 2.05) is 24.5 Å². The van der Waals surface area contributed by atoms with Crippen molar-refractivity contribution >= 4 is 16.5 Å². The molecule has 1 N–H and O–H groups in total. The molecule has 0 unspecified atom stereocenters. The van der Waals surface area contributed by atoms with Crippen molar-refractivity contribution in [1.82, 2.24) is 4.98 Å². The average molecular weight is 186 g/mol. The summed E-state index contributed by atoms with van der Waals surface area (Å²) in [5, 5.41) is 5.80. The Hall–Kier alpha value is -1.57. The van der Waals surface area contributed by atoms with Crippen molar-refractivity contribution in [3.05, 3.63) is 36.7 Å². The highest BCUT2D eigenvalue weighted by atomic mass is 14.9. The van der Waals surface area contributed by atoms with Crippen LogP contribution in [0.25, 0.3) is 10.8 Å². The van der Waals surface area contributed by atoms with Gasteiger partial charge in [0.15, 0.2) is 0 Å². The van der Waals surface area contributed by atoms with Crippen LogP contribution < -0.4 is 5.32 Å². The zero-order chi connectivity index (χ0) is 9.97. The van der Waals surface area contributed by atoms with E-state index in [0.717, 1.165) is 5.69 Å². The van der Waals surface area contributed by atoms with Gasteiger partial charge in [-0.25, -0.2) is 0 Å². The molecule has 2 rings (SSSR count). The molecule has 0 fully saturated rings. The van der Waals surface area contributed by atoms with Gasteiger partial charge >= 0.3 is 0 Å². The van der Waals surface area contributed by atoms with Crippen molar-refractivity contribution in [2.75, 3.05) is 5.32 Å². The van der Waals surface area contributed by atoms with Gasteiger partial charge in [0.2, 0.25) is 0 Å². The van der Waals surface area contributed by atoms with Crippen LogP contribution in [0, 0.1) is 0 Å². The number of nitrogens with one attached hydrogen (secondary N) is 1. The summed E-state index contributed by atoms with van der Waals surface area (Å²) in [6.45, 7) is 4.25. The van der Waals surface area contributed by atoms with Gasteiger partial charge in [-0.15, -0.1) is 0 Å². The van der Waals surface area contributed by atoms with Crippen LogP contribution in [-0.2, 0) is 0 Å². The highest BCUT2D eigenvalue weighted by Crippen LogP contribution is 2.21. The number of nitrogens with zero attached hydrogens (tertiary/aromatic N) is 1. The summed E-state index contributed by atoms with van der Waals surface area (Å²) >= 11 is 0. The number of fused-ring (bicyclic) bond motifs is 1. The Labute approximate surface area is 84.0 Å². The van der Waals surface area contributed by atoms with Gasteiger partial charge in [-0.05, 0) is 13.8 Å². The molecule has 1 aromatic heterocycles. The molecule has 14 heavy (non-hydrogen) atoms. The third kappa shape index (κ3) is 1.69. The Kier molecular flexibility index (Phi) is 2.35. The molecule has 0 aliphatic carbocycles. The lowest BCUT2D eigenvalue weighted by atomic mass is 10.1. The largest absolute Gasteiger partial charge is 0.381 e. The predicted octanol–water partition coefficient (Wildman–Crippen LogP) is 3.06. The average Bonchev–Trinajstić information content (AvgIpc) is 2.18. The quantitative estimate of drug-likeness (QED) is 0.779. The number of anilines is 1. The normalized spacial score (nSPS) is 10.8. The van der Waals surface area contributed by atoms with E-state index in [9.17, 15) is 0 Å². The zero-order valence-electron chi connectivity index (χ0n) is 8.49. The molecule has 2 heteroatoms. The van der Waals surface area contributed by atoms with Crippen molar-refractivity contribution in [2.45, 2.75) is 19.9 Å². The van der Waals surface area contributed by atoms with Crippen LogP contribution in [0.5, 0.6) is 0 Å². The molecule has 2 nitrogen and oxygen atoms in total. The lowest BCUT2D eigenvalue weighted by Crippen LogP contribution is -2.10. The second-order valence-electron chi connectivity index (χ2n) is 3.71. The summed E-state index contributed by atoms with van der Waals surface area (Å²) in [5.41, 5.74) is 1.11. The third-order valence-electron chi connectivity index (χ3n) is 2.11. The third-order valence-corrected chi connectivity index (χ3v) is 2.11. The molecule has 0 saturated heterocycles. The van der Waals surface area contributed by atoms with Gasteiger partial charge in [-0.2, -0.15) is 0 Å². The topological polar surface area (TPSA) is 24.9 Å². The van der Waals surface area contributed by atoms with Crippen LogP contribution in [0.3, 0.4) is 0 Å². The maximum atomic E-state index is 4.20. The molecule has 72 valence electrons. The van der Waals surface area contributed by atoms with Gasteiger partial charge in [0.25, 0.3) is 0 Å². The molecule has 0 atom stereocenters. The smallest absolute Gasteiger partial charge is 0.0608 e. The number of hydrogen-bond donors (Lipinski definition) is 1. The van der Waals surface area contributed by atoms with Gasteiger partial charge in [0, 0.05) is 23.0 Å². The van der Waals surface area contributed by atoms with E-state index in [2.05, 4.69) is 36.3 Å². The number of hydrogen-bond acceptors (Lipinski definition) is 2. The molecule has 0 radical (unpaired) electrons. The summed E-state index contributed by atoms with van der Waals surface area (Å²) in [6.07, 6.45) is 3.77. The first-order valence-corrected chi connectivity index (χ1v) is 4.86. The first-order chi connectivity index (χ1) is 6.77. The van der Waals surface area contributed by atoms with Gasteiger partial charge < -0.3 is 5.32 Å². The summed E-state index contributed by atoms with van der Waals surface area (Å²) in [4.78, 5) is 4.20. The van der Waals surface area contributed by atoms with E-state index in [1.54, 1.807) is 0 Å². The molecule has 1 heterocycles. The van der Waals surface area contributed by atoms with Crippen LogP contribution in [0.2, 0.25) is 0 Å². The fourth-order valence-corrected chi connectivity index (χ4v) is 1.54. The molecule has 2 aromatic rings. The Bertz CT molecular complexity index is 430. The number of rotatable bonds is 2. The minimum Gasteiger partial charge on any atom is -0.381 e. The van der Waals surface area contributed by atoms with Crippen molar-refractivity contribution in [2.24, 2.45) is 0 Å². The SMILES string of the molecule is CC(C)Nc1cncc2ccccc12. The molecular weight excluding hydrogens is 172 g/mol. The van der Waals surface area contributed by atoms with Crippen molar-refractivity contribution < 1.29 is 0 Å². The summed E-state index contributed by atoms with van der Waals surface area (Å²) in [7, 11) is 0. The lowest BCUT2D eigenvalue weighted by molar-refractivity contribution is 0.900. The van der Waals surface area contributed by atoms with Gasteiger partial charge in [0.1, 0.15) is 0 Å². The van der Waals surface area contributed by atoms with E-state index < -0.39 is 0 Å². The fraction of sp³-hybridized carbons (Fsp3) is 0.250. The maximum absolute atomic E-state index is 4.20. The molecule has 0 bridgehead atoms. The van der Waals surface area contributed by atoms with E-state index in [0.29, 0.717) is 6.04 Å². The molecule has 0 aliphatic heterocycles. The van der Waals surface area contributed by atoms with E-state index in [4.69, 9.17) is 0 Å². The molecule has 0 spiro atoms. The van der Waals surface area contributed by atoms with E-state index in [-0.39, 0.29) is 0 Å². The molecule has 0 saturated carbocycles. The first kappa shape index (κ1) is 9.00. The van der Waals surface area contributed by atoms with Crippen molar-refractivity contribution in [3.63, 3.8) is 0 Å². The second kappa shape index (κ2) is 3.66. The summed E-state index contributed by atoms with van der Waals surface area (Å²) < 4.78 is 0. The van der Waals surface area contributed by atoms with Crippen molar-refractivity contribution in [3.8, 4) is 0 Å². The maximum Gasteiger partial charge on any atom is 0.0608 e. The Balaban J connectivity index is 2.53. The Morgan fingerprint density at radius 3 is 2.71 bits per heavy atom. The minimum absolute atomic E-state index is 0.433. The number of pyridine rings is 1. The van der Waals surface area contributed by atoms with Crippen LogP contribution in [-0.4, -0.2) is 11.0 Å². The van der Waals surface area contributed by atoms with E-state index in [1.165, 1.54) is 10.8 Å². The number of benzene rings is 1. The lowest BCUT2D eigenvalue weighted by Gasteiger charge is -2.11. The predicted molar refractivity (Wildman–Crippen MR) is 60.5 cm³/mol. The highest BCUT2D eigenvalue weighted by molar-refractivity contribution is 5.92. The summed E-state index contributed by atoms with van der Waals surface area (Å²) in [6, 6.07) is 8.70. The van der Waals surface area contributed by atoms with Gasteiger partial charge in [-0.3, -0.25) is 4.98 Å². The Morgan fingerprint density at radius 2 is 1.93 bits per heavy atom. The molecule has 0 aliphatic rings. The van der Waals surface area contributed by atoms with Crippen molar-refractivity contribution in [1.29, 1.82) is 0 Å². The van der Waals surface area contributed by atoms with Gasteiger partial charge in [0.05, 0.1) is 11.9 Å². The molecular formula is C12H14N2. The first-order valence-electron chi connectivity index (χ1n) is 4.86. The standard InChI is InChI=1S/C12H14N2/c1-9(2)14-12-8-13-7-10-5-3-4-6-11(10)12/h3-9,14H,1-2H3. The van der Waals surface area contributed by atoms with Crippen LogP contribution >= 0.6 is 0 Å².